The van der Waals surface area contributed by atoms with E-state index in [1.807, 2.05) is 6.92 Å². The van der Waals surface area contributed by atoms with Crippen LogP contribution in [0.4, 0.5) is 4.39 Å². The molecule has 0 aliphatic rings. The van der Waals surface area contributed by atoms with Gasteiger partial charge < -0.3 is 0 Å². The van der Waals surface area contributed by atoms with Crippen LogP contribution in [0.5, 0.6) is 0 Å². The van der Waals surface area contributed by atoms with Gasteiger partial charge in [-0.2, -0.15) is 0 Å². The van der Waals surface area contributed by atoms with Crippen LogP contribution in [0, 0.1) is 5.82 Å². The van der Waals surface area contributed by atoms with E-state index in [0.29, 0.717) is 4.47 Å². The molecule has 0 heterocycles. The highest BCUT2D eigenvalue weighted by Gasteiger charge is 2.05. The molecule has 0 nitrogen and oxygen atoms in total. The fourth-order valence-corrected chi connectivity index (χ4v) is 1.68. The molecule has 0 aliphatic heterocycles. The van der Waals surface area contributed by atoms with Crippen molar-refractivity contribution >= 4 is 27.5 Å². The predicted molar refractivity (Wildman–Crippen MR) is 48.5 cm³/mol. The van der Waals surface area contributed by atoms with Gasteiger partial charge in [-0.15, -0.1) is 0 Å². The van der Waals surface area contributed by atoms with E-state index in [0.717, 1.165) is 12.0 Å². The molecule has 0 aliphatic carbocycles. The van der Waals surface area contributed by atoms with Gasteiger partial charge in [-0.3, -0.25) is 0 Å². The second kappa shape index (κ2) is 3.55. The highest BCUT2D eigenvalue weighted by Crippen LogP contribution is 2.25. The Morgan fingerprint density at radius 3 is 2.64 bits per heavy atom. The van der Waals surface area contributed by atoms with Crippen LogP contribution < -0.4 is 0 Å². The van der Waals surface area contributed by atoms with Crippen molar-refractivity contribution in [1.82, 2.24) is 0 Å². The Bertz CT molecular complexity index is 250. The second-order valence-corrected chi connectivity index (χ2v) is 3.49. The van der Waals surface area contributed by atoms with Gasteiger partial charge in [0.15, 0.2) is 5.82 Å². The Morgan fingerprint density at radius 2 is 2.18 bits per heavy atom. The average molecular weight is 237 g/mol. The Labute approximate surface area is 78.5 Å². The average Bonchev–Trinajstić information content (AvgIpc) is 1.99. The van der Waals surface area contributed by atoms with Crippen LogP contribution in [0.1, 0.15) is 12.5 Å². The van der Waals surface area contributed by atoms with Crippen molar-refractivity contribution < 1.29 is 4.39 Å². The summed E-state index contributed by atoms with van der Waals surface area (Å²) in [6, 6.07) is 3.38. The van der Waals surface area contributed by atoms with Gasteiger partial charge in [0, 0.05) is 0 Å². The minimum absolute atomic E-state index is 0.177. The number of hydrogen-bond donors (Lipinski definition) is 0. The summed E-state index contributed by atoms with van der Waals surface area (Å²) in [4.78, 5) is 0. The maximum absolute atomic E-state index is 12.9. The molecule has 0 fully saturated rings. The summed E-state index contributed by atoms with van der Waals surface area (Å²) in [7, 11) is 0. The fourth-order valence-electron chi connectivity index (χ4n) is 0.812. The van der Waals surface area contributed by atoms with Crippen LogP contribution >= 0.6 is 27.5 Å². The lowest BCUT2D eigenvalue weighted by Crippen LogP contribution is -1.85. The maximum Gasteiger partial charge on any atom is 0.155 e. The highest BCUT2D eigenvalue weighted by molar-refractivity contribution is 9.10. The molecule has 1 aromatic rings. The zero-order valence-electron chi connectivity index (χ0n) is 6.00. The third kappa shape index (κ3) is 1.94. The normalized spacial score (nSPS) is 10.2. The summed E-state index contributed by atoms with van der Waals surface area (Å²) in [5.74, 6) is -0.385. The highest BCUT2D eigenvalue weighted by atomic mass is 79.9. The van der Waals surface area contributed by atoms with Gasteiger partial charge in [-0.1, -0.05) is 18.5 Å². The van der Waals surface area contributed by atoms with Crippen molar-refractivity contribution in [2.45, 2.75) is 13.3 Å². The first kappa shape index (κ1) is 9.01. The van der Waals surface area contributed by atoms with Crippen molar-refractivity contribution in [1.29, 1.82) is 0 Å². The molecule has 0 N–H and O–H groups in total. The molecule has 0 radical (unpaired) electrons. The molecule has 0 amide bonds. The molecular weight excluding hydrogens is 230 g/mol. The summed E-state index contributed by atoms with van der Waals surface area (Å²) in [5, 5.41) is 0.177. The summed E-state index contributed by atoms with van der Waals surface area (Å²) in [5.41, 5.74) is 1.03. The summed E-state index contributed by atoms with van der Waals surface area (Å²) < 4.78 is 13.3. The predicted octanol–water partition coefficient (Wildman–Crippen LogP) is 3.80. The molecule has 1 rings (SSSR count). The minimum atomic E-state index is -0.385. The number of rotatable bonds is 1. The van der Waals surface area contributed by atoms with Gasteiger partial charge in [-0.05, 0) is 40.0 Å². The van der Waals surface area contributed by atoms with Crippen molar-refractivity contribution in [3.63, 3.8) is 0 Å². The molecule has 3 heteroatoms. The van der Waals surface area contributed by atoms with Gasteiger partial charge in [0.2, 0.25) is 0 Å². The summed E-state index contributed by atoms with van der Waals surface area (Å²) >= 11 is 8.67. The van der Waals surface area contributed by atoms with Crippen LogP contribution in [0.15, 0.2) is 16.6 Å². The number of benzene rings is 1. The lowest BCUT2D eigenvalue weighted by molar-refractivity contribution is 0.621. The van der Waals surface area contributed by atoms with E-state index in [2.05, 4.69) is 15.9 Å². The zero-order valence-corrected chi connectivity index (χ0v) is 8.34. The van der Waals surface area contributed by atoms with E-state index in [-0.39, 0.29) is 10.8 Å². The molecule has 0 aromatic heterocycles. The van der Waals surface area contributed by atoms with Crippen molar-refractivity contribution in [3.05, 3.63) is 33.0 Å². The van der Waals surface area contributed by atoms with Gasteiger partial charge in [0.25, 0.3) is 0 Å². The number of halogens is 3. The van der Waals surface area contributed by atoms with Crippen molar-refractivity contribution in [2.75, 3.05) is 0 Å². The molecule has 0 saturated heterocycles. The largest absolute Gasteiger partial charge is 0.204 e. The standard InChI is InChI=1S/C8H7BrClF/c1-2-5-3-6(9)8(11)7(10)4-5/h3-4H,2H2,1H3. The van der Waals surface area contributed by atoms with E-state index in [4.69, 9.17) is 11.6 Å². The molecule has 0 bridgehead atoms. The monoisotopic (exact) mass is 236 g/mol. The molecule has 60 valence electrons. The maximum atomic E-state index is 12.9. The third-order valence-corrected chi connectivity index (χ3v) is 2.30. The topological polar surface area (TPSA) is 0 Å². The van der Waals surface area contributed by atoms with Crippen LogP contribution in [-0.4, -0.2) is 0 Å². The zero-order chi connectivity index (χ0) is 8.43. The quantitative estimate of drug-likeness (QED) is 0.652. The summed E-state index contributed by atoms with van der Waals surface area (Å²) in [6.07, 6.45) is 0.860. The molecule has 1 aromatic carbocycles. The molecule has 0 atom stereocenters. The van der Waals surface area contributed by atoms with Gasteiger partial charge >= 0.3 is 0 Å². The van der Waals surface area contributed by atoms with E-state index in [1.165, 1.54) is 0 Å². The van der Waals surface area contributed by atoms with Crippen molar-refractivity contribution in [3.8, 4) is 0 Å². The second-order valence-electron chi connectivity index (χ2n) is 2.23. The first-order chi connectivity index (χ1) is 5.15. The Hall–Kier alpha value is -0.0800. The molecular formula is C8H7BrClF. The fraction of sp³-hybridized carbons (Fsp3) is 0.250. The van der Waals surface area contributed by atoms with E-state index in [1.54, 1.807) is 12.1 Å². The van der Waals surface area contributed by atoms with Gasteiger partial charge in [0.1, 0.15) is 0 Å². The minimum Gasteiger partial charge on any atom is -0.204 e. The Morgan fingerprint density at radius 1 is 1.55 bits per heavy atom. The van der Waals surface area contributed by atoms with E-state index >= 15 is 0 Å². The molecule has 11 heavy (non-hydrogen) atoms. The first-order valence-corrected chi connectivity index (χ1v) is 4.45. The SMILES string of the molecule is CCc1cc(Cl)c(F)c(Br)c1. The van der Waals surface area contributed by atoms with Crippen LogP contribution in [0.25, 0.3) is 0 Å². The molecule has 0 saturated carbocycles. The molecule has 0 unspecified atom stereocenters. The van der Waals surface area contributed by atoms with E-state index < -0.39 is 0 Å². The van der Waals surface area contributed by atoms with Crippen LogP contribution in [0.2, 0.25) is 5.02 Å². The first-order valence-electron chi connectivity index (χ1n) is 3.28. The Kier molecular flexibility index (Phi) is 2.90. The Balaban J connectivity index is 3.21. The van der Waals surface area contributed by atoms with Gasteiger partial charge in [-0.25, -0.2) is 4.39 Å². The third-order valence-electron chi connectivity index (χ3n) is 1.45. The number of aryl methyl sites for hydroxylation is 1. The van der Waals surface area contributed by atoms with Gasteiger partial charge in [0.05, 0.1) is 9.50 Å². The van der Waals surface area contributed by atoms with Crippen LogP contribution in [0.3, 0.4) is 0 Å². The number of hydrogen-bond acceptors (Lipinski definition) is 0. The van der Waals surface area contributed by atoms with Crippen molar-refractivity contribution in [2.24, 2.45) is 0 Å². The lowest BCUT2D eigenvalue weighted by atomic mass is 10.2. The molecule has 0 spiro atoms. The smallest absolute Gasteiger partial charge is 0.155 e. The van der Waals surface area contributed by atoms with Crippen LogP contribution in [-0.2, 0) is 6.42 Å². The lowest BCUT2D eigenvalue weighted by Gasteiger charge is -2.00. The summed E-state index contributed by atoms with van der Waals surface area (Å²) in [6.45, 7) is 2.00. The van der Waals surface area contributed by atoms with E-state index in [9.17, 15) is 4.39 Å².